The number of methoxy groups -OCH3 is 1. The molecule has 1 nitrogen and oxygen atoms in total. The SMILES string of the molecule is CCCCC=CC1(C)CC[C@@H](C(C)(C)OC)C1. The van der Waals surface area contributed by atoms with Gasteiger partial charge in [-0.1, -0.05) is 38.8 Å². The van der Waals surface area contributed by atoms with Gasteiger partial charge in [-0.25, -0.2) is 0 Å². The minimum atomic E-state index is 0.0367. The van der Waals surface area contributed by atoms with Gasteiger partial charge >= 0.3 is 0 Å². The Morgan fingerprint density at radius 1 is 1.41 bits per heavy atom. The Bertz CT molecular complexity index is 254. The molecule has 17 heavy (non-hydrogen) atoms. The molecule has 0 radical (unpaired) electrons. The first-order valence-electron chi connectivity index (χ1n) is 7.16. The van der Waals surface area contributed by atoms with Crippen molar-refractivity contribution in [3.05, 3.63) is 12.2 Å². The number of rotatable bonds is 6. The third-order valence-corrected chi connectivity index (χ3v) is 4.53. The van der Waals surface area contributed by atoms with E-state index in [-0.39, 0.29) is 5.60 Å². The van der Waals surface area contributed by atoms with Crippen molar-refractivity contribution in [1.82, 2.24) is 0 Å². The van der Waals surface area contributed by atoms with Crippen molar-refractivity contribution in [1.29, 1.82) is 0 Å². The minimum Gasteiger partial charge on any atom is -0.379 e. The average Bonchev–Trinajstić information content (AvgIpc) is 2.69. The summed E-state index contributed by atoms with van der Waals surface area (Å²) in [6.07, 6.45) is 12.6. The molecule has 0 amide bonds. The monoisotopic (exact) mass is 238 g/mol. The van der Waals surface area contributed by atoms with Crippen LogP contribution in [0.1, 0.15) is 66.2 Å². The first-order valence-corrected chi connectivity index (χ1v) is 7.16. The molecule has 0 aromatic rings. The number of allylic oxidation sites excluding steroid dienone is 2. The molecule has 0 aliphatic heterocycles. The summed E-state index contributed by atoms with van der Waals surface area (Å²) in [5.74, 6) is 0.702. The summed E-state index contributed by atoms with van der Waals surface area (Å²) >= 11 is 0. The Morgan fingerprint density at radius 2 is 2.12 bits per heavy atom. The van der Waals surface area contributed by atoms with Crippen molar-refractivity contribution >= 4 is 0 Å². The van der Waals surface area contributed by atoms with Gasteiger partial charge in [0.2, 0.25) is 0 Å². The van der Waals surface area contributed by atoms with Crippen molar-refractivity contribution in [3.63, 3.8) is 0 Å². The normalized spacial score (nSPS) is 30.3. The number of unbranched alkanes of at least 4 members (excludes halogenated alkanes) is 2. The molecule has 1 saturated carbocycles. The van der Waals surface area contributed by atoms with Crippen LogP contribution in [0, 0.1) is 11.3 Å². The molecule has 100 valence electrons. The van der Waals surface area contributed by atoms with Gasteiger partial charge < -0.3 is 4.74 Å². The van der Waals surface area contributed by atoms with Crippen LogP contribution in [0.3, 0.4) is 0 Å². The summed E-state index contributed by atoms with van der Waals surface area (Å²) in [7, 11) is 1.84. The summed E-state index contributed by atoms with van der Waals surface area (Å²) in [4.78, 5) is 0. The van der Waals surface area contributed by atoms with E-state index < -0.39 is 0 Å². The predicted molar refractivity (Wildman–Crippen MR) is 75.2 cm³/mol. The summed E-state index contributed by atoms with van der Waals surface area (Å²) in [6.45, 7) is 9.11. The Morgan fingerprint density at radius 3 is 2.71 bits per heavy atom. The van der Waals surface area contributed by atoms with Crippen LogP contribution in [0.15, 0.2) is 12.2 Å². The molecule has 0 spiro atoms. The first-order chi connectivity index (χ1) is 7.93. The molecule has 1 aliphatic rings. The zero-order valence-electron chi connectivity index (χ0n) is 12.4. The molecule has 1 aliphatic carbocycles. The molecular weight excluding hydrogens is 208 g/mol. The smallest absolute Gasteiger partial charge is 0.0651 e. The van der Waals surface area contributed by atoms with Crippen LogP contribution in [0.25, 0.3) is 0 Å². The quantitative estimate of drug-likeness (QED) is 0.469. The van der Waals surface area contributed by atoms with Crippen molar-refractivity contribution in [2.24, 2.45) is 11.3 Å². The molecule has 0 aromatic carbocycles. The number of hydrogen-bond acceptors (Lipinski definition) is 1. The molecule has 0 saturated heterocycles. The maximum atomic E-state index is 5.63. The molecule has 0 bridgehead atoms. The van der Waals surface area contributed by atoms with Crippen LogP contribution in [-0.4, -0.2) is 12.7 Å². The molecular formula is C16H30O. The van der Waals surface area contributed by atoms with E-state index in [0.717, 1.165) is 0 Å². The summed E-state index contributed by atoms with van der Waals surface area (Å²) in [6, 6.07) is 0. The Hall–Kier alpha value is -0.300. The van der Waals surface area contributed by atoms with Crippen LogP contribution < -0.4 is 0 Å². The predicted octanol–water partition coefficient (Wildman–Crippen LogP) is 4.96. The van der Waals surface area contributed by atoms with E-state index in [9.17, 15) is 0 Å². The lowest BCUT2D eigenvalue weighted by Gasteiger charge is -2.31. The fraction of sp³-hybridized carbons (Fsp3) is 0.875. The van der Waals surface area contributed by atoms with Gasteiger partial charge in [0, 0.05) is 7.11 Å². The van der Waals surface area contributed by atoms with Crippen LogP contribution in [0.4, 0.5) is 0 Å². The second kappa shape index (κ2) is 6.04. The topological polar surface area (TPSA) is 9.23 Å². The molecule has 1 unspecified atom stereocenters. The standard InChI is InChI=1S/C16H30O/c1-6-7-8-9-11-16(4)12-10-14(13-16)15(2,3)17-5/h9,11,14H,6-8,10,12-13H2,1-5H3/t14-,16?/m1/s1. The highest BCUT2D eigenvalue weighted by molar-refractivity contribution is 5.04. The summed E-state index contributed by atoms with van der Waals surface area (Å²) < 4.78 is 5.63. The lowest BCUT2D eigenvalue weighted by Crippen LogP contribution is -2.32. The van der Waals surface area contributed by atoms with Gasteiger partial charge in [-0.05, 0) is 50.9 Å². The van der Waals surface area contributed by atoms with Crippen LogP contribution >= 0.6 is 0 Å². The van der Waals surface area contributed by atoms with E-state index in [0.29, 0.717) is 11.3 Å². The van der Waals surface area contributed by atoms with Gasteiger partial charge in [0.05, 0.1) is 5.60 Å². The molecule has 1 fully saturated rings. The van der Waals surface area contributed by atoms with Crippen molar-refractivity contribution in [3.8, 4) is 0 Å². The minimum absolute atomic E-state index is 0.0367. The third-order valence-electron chi connectivity index (χ3n) is 4.53. The molecule has 1 rings (SSSR count). The molecule has 0 heterocycles. The highest BCUT2D eigenvalue weighted by Gasteiger charge is 2.40. The molecule has 1 heteroatoms. The zero-order chi connectivity index (χ0) is 12.9. The fourth-order valence-corrected chi connectivity index (χ4v) is 2.87. The highest BCUT2D eigenvalue weighted by Crippen LogP contribution is 2.47. The first kappa shape index (κ1) is 14.8. The lowest BCUT2D eigenvalue weighted by molar-refractivity contribution is -0.0279. The van der Waals surface area contributed by atoms with Gasteiger partial charge in [0.15, 0.2) is 0 Å². The van der Waals surface area contributed by atoms with E-state index in [1.165, 1.54) is 38.5 Å². The highest BCUT2D eigenvalue weighted by atomic mass is 16.5. The maximum absolute atomic E-state index is 5.63. The van der Waals surface area contributed by atoms with E-state index in [4.69, 9.17) is 4.74 Å². The lowest BCUT2D eigenvalue weighted by atomic mass is 9.83. The van der Waals surface area contributed by atoms with Gasteiger partial charge in [-0.15, -0.1) is 0 Å². The molecule has 0 aromatic heterocycles. The Labute approximate surface area is 108 Å². The van der Waals surface area contributed by atoms with E-state index >= 15 is 0 Å². The van der Waals surface area contributed by atoms with Crippen molar-refractivity contribution in [2.75, 3.05) is 7.11 Å². The van der Waals surface area contributed by atoms with Crippen LogP contribution in [0.5, 0.6) is 0 Å². The van der Waals surface area contributed by atoms with Crippen molar-refractivity contribution in [2.45, 2.75) is 71.8 Å². The Balaban J connectivity index is 2.50. The average molecular weight is 238 g/mol. The number of ether oxygens (including phenoxy) is 1. The summed E-state index contributed by atoms with van der Waals surface area (Å²) in [5.41, 5.74) is 0.448. The maximum Gasteiger partial charge on any atom is 0.0651 e. The number of hydrogen-bond donors (Lipinski definition) is 0. The fourth-order valence-electron chi connectivity index (χ4n) is 2.87. The van der Waals surface area contributed by atoms with Crippen molar-refractivity contribution < 1.29 is 4.74 Å². The van der Waals surface area contributed by atoms with E-state index in [1.54, 1.807) is 0 Å². The largest absolute Gasteiger partial charge is 0.379 e. The van der Waals surface area contributed by atoms with Crippen LogP contribution in [0.2, 0.25) is 0 Å². The molecule has 2 atom stereocenters. The van der Waals surface area contributed by atoms with E-state index in [2.05, 4.69) is 39.8 Å². The second-order valence-corrected chi connectivity index (χ2v) is 6.45. The van der Waals surface area contributed by atoms with Gasteiger partial charge in [-0.2, -0.15) is 0 Å². The van der Waals surface area contributed by atoms with Gasteiger partial charge in [-0.3, -0.25) is 0 Å². The van der Waals surface area contributed by atoms with Crippen LogP contribution in [-0.2, 0) is 4.74 Å². The zero-order valence-corrected chi connectivity index (χ0v) is 12.4. The summed E-state index contributed by atoms with van der Waals surface area (Å²) in [5, 5.41) is 0. The van der Waals surface area contributed by atoms with Gasteiger partial charge in [0.25, 0.3) is 0 Å². The second-order valence-electron chi connectivity index (χ2n) is 6.45. The molecule has 0 N–H and O–H groups in total. The third kappa shape index (κ3) is 4.13. The van der Waals surface area contributed by atoms with E-state index in [1.807, 2.05) is 7.11 Å². The Kier molecular flexibility index (Phi) is 5.24. The van der Waals surface area contributed by atoms with Gasteiger partial charge in [0.1, 0.15) is 0 Å².